The van der Waals surface area contributed by atoms with Crippen molar-refractivity contribution in [3.63, 3.8) is 0 Å². The van der Waals surface area contributed by atoms with Gasteiger partial charge in [0.05, 0.1) is 18.4 Å². The first kappa shape index (κ1) is 21.1. The number of nitrogens with one attached hydrogen (secondary N) is 2. The first-order chi connectivity index (χ1) is 14.0. The van der Waals surface area contributed by atoms with Gasteiger partial charge in [-0.3, -0.25) is 14.4 Å². The van der Waals surface area contributed by atoms with Crippen molar-refractivity contribution in [1.29, 1.82) is 0 Å². The van der Waals surface area contributed by atoms with Gasteiger partial charge < -0.3 is 20.2 Å². The van der Waals surface area contributed by atoms with E-state index in [1.807, 2.05) is 0 Å². The second kappa shape index (κ2) is 9.73. The molecule has 1 aliphatic rings. The molecule has 1 unspecified atom stereocenters. The minimum absolute atomic E-state index is 0.0525. The van der Waals surface area contributed by atoms with E-state index in [-0.39, 0.29) is 37.6 Å². The molecule has 0 aliphatic heterocycles. The second-order valence-electron chi connectivity index (χ2n) is 7.28. The molecule has 3 rings (SSSR count). The molecule has 29 heavy (non-hydrogen) atoms. The summed E-state index contributed by atoms with van der Waals surface area (Å²) < 4.78 is 5.27. The lowest BCUT2D eigenvalue weighted by Gasteiger charge is -2.21. The summed E-state index contributed by atoms with van der Waals surface area (Å²) in [6.45, 7) is 2.45. The van der Waals surface area contributed by atoms with E-state index >= 15 is 0 Å². The number of hydrogen-bond acceptors (Lipinski definition) is 5. The Hall–Kier alpha value is -2.61. The molecule has 1 atom stereocenters. The first-order valence-corrected chi connectivity index (χ1v) is 10.8. The SMILES string of the molecule is CCC1CCc2c(sc(NC(=O)CCCC(=O)O)c2C(=O)NCc2ccco2)C1. The fourth-order valence-electron chi connectivity index (χ4n) is 3.59. The summed E-state index contributed by atoms with van der Waals surface area (Å²) in [5, 5.41) is 15.0. The predicted molar refractivity (Wildman–Crippen MR) is 110 cm³/mol. The third-order valence-corrected chi connectivity index (χ3v) is 6.39. The summed E-state index contributed by atoms with van der Waals surface area (Å²) in [5.74, 6) is -0.160. The van der Waals surface area contributed by atoms with Crippen LogP contribution in [0.3, 0.4) is 0 Å². The Morgan fingerprint density at radius 1 is 1.31 bits per heavy atom. The minimum atomic E-state index is -0.923. The molecule has 0 saturated heterocycles. The molecule has 7 nitrogen and oxygen atoms in total. The van der Waals surface area contributed by atoms with Crippen LogP contribution in [0.15, 0.2) is 22.8 Å². The van der Waals surface area contributed by atoms with Crippen LogP contribution in [0, 0.1) is 5.92 Å². The molecule has 0 spiro atoms. The van der Waals surface area contributed by atoms with E-state index in [4.69, 9.17) is 9.52 Å². The van der Waals surface area contributed by atoms with E-state index < -0.39 is 5.97 Å². The summed E-state index contributed by atoms with van der Waals surface area (Å²) >= 11 is 1.47. The maximum absolute atomic E-state index is 13.0. The van der Waals surface area contributed by atoms with Crippen molar-refractivity contribution in [2.24, 2.45) is 5.92 Å². The smallest absolute Gasteiger partial charge is 0.303 e. The highest BCUT2D eigenvalue weighted by Crippen LogP contribution is 2.40. The van der Waals surface area contributed by atoms with Crippen molar-refractivity contribution in [3.05, 3.63) is 40.2 Å². The second-order valence-corrected chi connectivity index (χ2v) is 8.39. The fraction of sp³-hybridized carbons (Fsp3) is 0.476. The molecule has 2 amide bonds. The molecule has 0 bridgehead atoms. The van der Waals surface area contributed by atoms with Crippen LogP contribution in [0.4, 0.5) is 5.00 Å². The lowest BCUT2D eigenvalue weighted by molar-refractivity contribution is -0.137. The quantitative estimate of drug-likeness (QED) is 0.571. The number of furan rings is 1. The van der Waals surface area contributed by atoms with Crippen LogP contribution >= 0.6 is 11.3 Å². The third-order valence-electron chi connectivity index (χ3n) is 5.22. The van der Waals surface area contributed by atoms with Crippen LogP contribution in [0.25, 0.3) is 0 Å². The number of carboxylic acids is 1. The van der Waals surface area contributed by atoms with E-state index in [0.717, 1.165) is 36.1 Å². The van der Waals surface area contributed by atoms with Gasteiger partial charge in [-0.1, -0.05) is 13.3 Å². The molecule has 0 saturated carbocycles. The van der Waals surface area contributed by atoms with E-state index in [0.29, 0.717) is 22.2 Å². The van der Waals surface area contributed by atoms with Crippen molar-refractivity contribution in [2.75, 3.05) is 5.32 Å². The Balaban J connectivity index is 1.76. The Kier molecular flexibility index (Phi) is 7.09. The molecule has 0 aromatic carbocycles. The van der Waals surface area contributed by atoms with Crippen LogP contribution in [0.5, 0.6) is 0 Å². The normalized spacial score (nSPS) is 15.6. The Morgan fingerprint density at radius 3 is 2.83 bits per heavy atom. The maximum Gasteiger partial charge on any atom is 0.303 e. The Labute approximate surface area is 173 Å². The number of carboxylic acid groups (broad SMARTS) is 1. The zero-order chi connectivity index (χ0) is 20.8. The van der Waals surface area contributed by atoms with Crippen molar-refractivity contribution in [1.82, 2.24) is 5.32 Å². The number of amides is 2. The molecule has 2 aromatic rings. The van der Waals surface area contributed by atoms with E-state index in [9.17, 15) is 14.4 Å². The highest BCUT2D eigenvalue weighted by Gasteiger charge is 2.29. The average Bonchev–Trinajstić information content (AvgIpc) is 3.32. The zero-order valence-corrected chi connectivity index (χ0v) is 17.3. The number of carbonyl (C=O) groups excluding carboxylic acids is 2. The highest BCUT2D eigenvalue weighted by molar-refractivity contribution is 7.17. The number of aliphatic carboxylic acids is 1. The molecule has 3 N–H and O–H groups in total. The lowest BCUT2D eigenvalue weighted by atomic mass is 9.85. The van der Waals surface area contributed by atoms with Crippen LogP contribution in [-0.2, 0) is 29.0 Å². The minimum Gasteiger partial charge on any atom is -0.481 e. The molecule has 8 heteroatoms. The van der Waals surface area contributed by atoms with Crippen LogP contribution < -0.4 is 10.6 Å². The molecule has 2 aromatic heterocycles. The van der Waals surface area contributed by atoms with Crippen molar-refractivity contribution < 1.29 is 23.9 Å². The standard InChI is InChI=1S/C21H26N2O5S/c1-2-13-8-9-15-16(11-13)29-21(23-17(24)6-3-7-18(25)26)19(15)20(27)22-12-14-5-4-10-28-14/h4-5,10,13H,2-3,6-9,11-12H2,1H3,(H,22,27)(H,23,24)(H,25,26). The highest BCUT2D eigenvalue weighted by atomic mass is 32.1. The van der Waals surface area contributed by atoms with Gasteiger partial charge in [0.25, 0.3) is 5.91 Å². The Bertz CT molecular complexity index is 872. The lowest BCUT2D eigenvalue weighted by Crippen LogP contribution is -2.25. The number of thiophene rings is 1. The van der Waals surface area contributed by atoms with Gasteiger partial charge in [-0.15, -0.1) is 11.3 Å². The fourth-order valence-corrected chi connectivity index (χ4v) is 4.96. The third kappa shape index (κ3) is 5.47. The zero-order valence-electron chi connectivity index (χ0n) is 16.5. The number of hydrogen-bond donors (Lipinski definition) is 3. The molecule has 1 aliphatic carbocycles. The Morgan fingerprint density at radius 2 is 2.14 bits per heavy atom. The van der Waals surface area contributed by atoms with E-state index in [1.165, 1.54) is 11.3 Å². The molecular weight excluding hydrogens is 392 g/mol. The molecule has 156 valence electrons. The number of carbonyl (C=O) groups is 3. The monoisotopic (exact) mass is 418 g/mol. The van der Waals surface area contributed by atoms with Gasteiger partial charge in [-0.2, -0.15) is 0 Å². The topological polar surface area (TPSA) is 109 Å². The maximum atomic E-state index is 13.0. The van der Waals surface area contributed by atoms with Gasteiger partial charge in [-0.25, -0.2) is 0 Å². The van der Waals surface area contributed by atoms with Crippen molar-refractivity contribution in [3.8, 4) is 0 Å². The summed E-state index contributed by atoms with van der Waals surface area (Å²) in [6, 6.07) is 3.56. The number of rotatable bonds is 9. The van der Waals surface area contributed by atoms with Gasteiger partial charge in [0.1, 0.15) is 10.8 Å². The van der Waals surface area contributed by atoms with Gasteiger partial charge in [0.15, 0.2) is 0 Å². The van der Waals surface area contributed by atoms with Crippen LogP contribution in [0.2, 0.25) is 0 Å². The van der Waals surface area contributed by atoms with Crippen molar-refractivity contribution >= 4 is 34.1 Å². The van der Waals surface area contributed by atoms with Gasteiger partial charge >= 0.3 is 5.97 Å². The number of anilines is 1. The predicted octanol–water partition coefficient (Wildman–Crippen LogP) is 3.98. The van der Waals surface area contributed by atoms with Crippen LogP contribution in [-0.4, -0.2) is 22.9 Å². The molecule has 2 heterocycles. The molecular formula is C21H26N2O5S. The van der Waals surface area contributed by atoms with Crippen LogP contribution in [0.1, 0.15) is 65.6 Å². The van der Waals surface area contributed by atoms with Crippen molar-refractivity contribution in [2.45, 2.75) is 58.4 Å². The summed E-state index contributed by atoms with van der Waals surface area (Å²) in [7, 11) is 0. The first-order valence-electron chi connectivity index (χ1n) is 9.94. The summed E-state index contributed by atoms with van der Waals surface area (Å²) in [5.41, 5.74) is 1.56. The van der Waals surface area contributed by atoms with Gasteiger partial charge in [0, 0.05) is 17.7 Å². The van der Waals surface area contributed by atoms with Gasteiger partial charge in [0.2, 0.25) is 5.91 Å². The van der Waals surface area contributed by atoms with E-state index in [1.54, 1.807) is 18.4 Å². The van der Waals surface area contributed by atoms with E-state index in [2.05, 4.69) is 17.6 Å². The summed E-state index contributed by atoms with van der Waals surface area (Å²) in [6.07, 6.45) is 5.75. The molecule has 0 radical (unpaired) electrons. The largest absolute Gasteiger partial charge is 0.481 e. The van der Waals surface area contributed by atoms with Gasteiger partial charge in [-0.05, 0) is 49.3 Å². The number of fused-ring (bicyclic) bond motifs is 1. The summed E-state index contributed by atoms with van der Waals surface area (Å²) in [4.78, 5) is 37.1. The average molecular weight is 419 g/mol. The molecule has 0 fully saturated rings.